The Morgan fingerprint density at radius 3 is 1.70 bits per heavy atom. The van der Waals surface area contributed by atoms with E-state index in [-0.39, 0.29) is 18.3 Å². The number of likely N-dealkylation sites (tertiary alicyclic amines) is 1. The molecule has 4 rings (SSSR count). The molecule has 1 aliphatic carbocycles. The van der Waals surface area contributed by atoms with Gasteiger partial charge in [0.15, 0.2) is 0 Å². The van der Waals surface area contributed by atoms with Gasteiger partial charge >= 0.3 is 0 Å². The van der Waals surface area contributed by atoms with Crippen LogP contribution in [0.25, 0.3) is 0 Å². The van der Waals surface area contributed by atoms with Crippen LogP contribution in [-0.2, 0) is 10.3 Å². The highest BCUT2D eigenvalue weighted by Gasteiger charge is 2.41. The maximum atomic E-state index is 13.8. The predicted octanol–water partition coefficient (Wildman–Crippen LogP) is 5.09. The van der Waals surface area contributed by atoms with E-state index in [0.717, 1.165) is 62.6 Å². The topological polar surface area (TPSA) is 70.4 Å². The molecule has 6 heteroatoms. The number of unbranched alkanes of at least 4 members (excludes halogenated alkanes) is 1. The summed E-state index contributed by atoms with van der Waals surface area (Å²) in [5.74, 6) is 1.55. The molecular formula is C31H47ClN4O. The van der Waals surface area contributed by atoms with Crippen molar-refractivity contribution in [2.75, 3.05) is 39.3 Å². The van der Waals surface area contributed by atoms with Gasteiger partial charge in [0.1, 0.15) is 5.54 Å². The lowest BCUT2D eigenvalue weighted by molar-refractivity contribution is -0.137. The third kappa shape index (κ3) is 8.28. The Morgan fingerprint density at radius 1 is 0.757 bits per heavy atom. The SMILES string of the molecule is Cl.NC(C(=O)N1CCC(CNCCCCNCC2CCCCC2)CC1)(c1ccccc1)c1ccccc1. The van der Waals surface area contributed by atoms with Crippen molar-refractivity contribution in [3.63, 3.8) is 0 Å². The second-order valence-corrected chi connectivity index (χ2v) is 10.9. The number of benzene rings is 2. The standard InChI is InChI=1S/C31H46N4O.ClH/c32-31(28-14-6-2-7-15-28,29-16-8-3-9-17-29)30(36)35-22-18-27(19-23-35)25-34-21-11-10-20-33-24-26-12-4-1-5-13-26;/h2-3,6-9,14-17,26-27,33-34H,1,4-5,10-13,18-25,32H2;1H. The lowest BCUT2D eigenvalue weighted by atomic mass is 9.81. The summed E-state index contributed by atoms with van der Waals surface area (Å²) in [6.07, 6.45) is 11.7. The molecule has 1 saturated carbocycles. The average Bonchev–Trinajstić information content (AvgIpc) is 2.95. The third-order valence-corrected chi connectivity index (χ3v) is 8.25. The molecule has 1 saturated heterocycles. The molecular weight excluding hydrogens is 480 g/mol. The number of nitrogens with one attached hydrogen (secondary N) is 2. The first-order chi connectivity index (χ1) is 17.7. The van der Waals surface area contributed by atoms with Crippen LogP contribution in [0.4, 0.5) is 0 Å². The molecule has 1 aliphatic heterocycles. The number of piperidine rings is 1. The molecule has 0 bridgehead atoms. The van der Waals surface area contributed by atoms with Crippen LogP contribution in [0, 0.1) is 11.8 Å². The maximum absolute atomic E-state index is 13.8. The van der Waals surface area contributed by atoms with Gasteiger partial charge in [-0.05, 0) is 87.7 Å². The number of carbonyl (C=O) groups excluding carboxylic acids is 1. The average molecular weight is 527 g/mol. The zero-order valence-corrected chi connectivity index (χ0v) is 23.2. The normalized spacial score (nSPS) is 17.4. The largest absolute Gasteiger partial charge is 0.340 e. The predicted molar refractivity (Wildman–Crippen MR) is 156 cm³/mol. The molecule has 1 heterocycles. The fraction of sp³-hybridized carbons (Fsp3) is 0.581. The number of nitrogens with two attached hydrogens (primary N) is 1. The first kappa shape index (κ1) is 29.6. The molecule has 204 valence electrons. The highest BCUT2D eigenvalue weighted by Crippen LogP contribution is 2.31. The molecule has 0 radical (unpaired) electrons. The molecule has 5 nitrogen and oxygen atoms in total. The van der Waals surface area contributed by atoms with Crippen LogP contribution >= 0.6 is 12.4 Å². The Balaban J connectivity index is 0.00000380. The zero-order valence-electron chi connectivity index (χ0n) is 22.4. The highest BCUT2D eigenvalue weighted by atomic mass is 35.5. The summed E-state index contributed by atoms with van der Waals surface area (Å²) in [7, 11) is 0. The Kier molecular flexibility index (Phi) is 12.4. The van der Waals surface area contributed by atoms with Crippen molar-refractivity contribution < 1.29 is 4.79 Å². The van der Waals surface area contributed by atoms with E-state index in [1.165, 1.54) is 51.5 Å². The molecule has 2 fully saturated rings. The van der Waals surface area contributed by atoms with E-state index < -0.39 is 5.54 Å². The van der Waals surface area contributed by atoms with E-state index in [1.807, 2.05) is 65.6 Å². The minimum Gasteiger partial charge on any atom is -0.340 e. The zero-order chi connectivity index (χ0) is 25.1. The van der Waals surface area contributed by atoms with Crippen LogP contribution in [0.2, 0.25) is 0 Å². The van der Waals surface area contributed by atoms with Crippen molar-refractivity contribution in [2.45, 2.75) is 63.3 Å². The fourth-order valence-electron chi connectivity index (χ4n) is 5.91. The number of rotatable bonds is 12. The van der Waals surface area contributed by atoms with Gasteiger partial charge in [0, 0.05) is 13.1 Å². The molecule has 4 N–H and O–H groups in total. The Hall–Kier alpha value is -1.92. The molecule has 0 atom stereocenters. The number of hydrogen-bond donors (Lipinski definition) is 3. The number of carbonyl (C=O) groups is 1. The fourth-order valence-corrected chi connectivity index (χ4v) is 5.91. The van der Waals surface area contributed by atoms with Crippen molar-refractivity contribution in [1.29, 1.82) is 0 Å². The summed E-state index contributed by atoms with van der Waals surface area (Å²) in [6.45, 7) is 6.02. The minimum absolute atomic E-state index is 0. The number of hydrogen-bond acceptors (Lipinski definition) is 4. The van der Waals surface area contributed by atoms with Crippen molar-refractivity contribution >= 4 is 18.3 Å². The Morgan fingerprint density at radius 2 is 1.22 bits per heavy atom. The Bertz CT molecular complexity index is 856. The first-order valence-corrected chi connectivity index (χ1v) is 14.3. The summed E-state index contributed by atoms with van der Waals surface area (Å²) in [5.41, 5.74) is 7.47. The van der Waals surface area contributed by atoms with Gasteiger partial charge < -0.3 is 21.3 Å². The summed E-state index contributed by atoms with van der Waals surface area (Å²) < 4.78 is 0. The van der Waals surface area contributed by atoms with Crippen molar-refractivity contribution in [3.8, 4) is 0 Å². The minimum atomic E-state index is -1.15. The number of amides is 1. The van der Waals surface area contributed by atoms with Gasteiger partial charge in [-0.1, -0.05) is 79.9 Å². The van der Waals surface area contributed by atoms with Crippen LogP contribution in [0.5, 0.6) is 0 Å². The second-order valence-electron chi connectivity index (χ2n) is 10.9. The van der Waals surface area contributed by atoms with Crippen molar-refractivity contribution in [2.24, 2.45) is 17.6 Å². The van der Waals surface area contributed by atoms with E-state index in [0.29, 0.717) is 5.92 Å². The summed E-state index contributed by atoms with van der Waals surface area (Å²) in [4.78, 5) is 15.8. The second kappa shape index (κ2) is 15.5. The van der Waals surface area contributed by atoms with Crippen molar-refractivity contribution in [1.82, 2.24) is 15.5 Å². The van der Waals surface area contributed by atoms with Crippen LogP contribution in [0.3, 0.4) is 0 Å². The monoisotopic (exact) mass is 526 g/mol. The van der Waals surface area contributed by atoms with Crippen LogP contribution in [0.15, 0.2) is 60.7 Å². The van der Waals surface area contributed by atoms with Gasteiger partial charge in [0.05, 0.1) is 0 Å². The van der Waals surface area contributed by atoms with Gasteiger partial charge in [0.2, 0.25) is 0 Å². The molecule has 0 aromatic heterocycles. The van der Waals surface area contributed by atoms with E-state index in [9.17, 15) is 4.79 Å². The van der Waals surface area contributed by atoms with Gasteiger partial charge in [-0.25, -0.2) is 0 Å². The molecule has 1 amide bonds. The molecule has 37 heavy (non-hydrogen) atoms. The van der Waals surface area contributed by atoms with E-state index in [4.69, 9.17) is 5.73 Å². The van der Waals surface area contributed by atoms with Crippen LogP contribution in [-0.4, -0.2) is 50.1 Å². The molecule has 2 aliphatic rings. The first-order valence-electron chi connectivity index (χ1n) is 14.3. The van der Waals surface area contributed by atoms with E-state index in [2.05, 4.69) is 10.6 Å². The Labute approximate surface area is 230 Å². The molecule has 2 aromatic carbocycles. The van der Waals surface area contributed by atoms with Crippen molar-refractivity contribution in [3.05, 3.63) is 71.8 Å². The molecule has 0 unspecified atom stereocenters. The van der Waals surface area contributed by atoms with Crippen LogP contribution in [0.1, 0.15) is 68.9 Å². The molecule has 0 spiro atoms. The third-order valence-electron chi connectivity index (χ3n) is 8.25. The maximum Gasteiger partial charge on any atom is 0.251 e. The highest BCUT2D eigenvalue weighted by molar-refractivity contribution is 5.91. The van der Waals surface area contributed by atoms with Gasteiger partial charge in [0.25, 0.3) is 5.91 Å². The van der Waals surface area contributed by atoms with E-state index >= 15 is 0 Å². The lowest BCUT2D eigenvalue weighted by Gasteiger charge is -2.39. The van der Waals surface area contributed by atoms with Gasteiger partial charge in [-0.3, -0.25) is 4.79 Å². The lowest BCUT2D eigenvalue weighted by Crippen LogP contribution is -2.55. The molecule has 2 aromatic rings. The van der Waals surface area contributed by atoms with Crippen LogP contribution < -0.4 is 16.4 Å². The summed E-state index contributed by atoms with van der Waals surface area (Å²) in [6, 6.07) is 19.6. The summed E-state index contributed by atoms with van der Waals surface area (Å²) in [5, 5.41) is 7.34. The van der Waals surface area contributed by atoms with Gasteiger partial charge in [-0.2, -0.15) is 0 Å². The smallest absolute Gasteiger partial charge is 0.251 e. The quantitative estimate of drug-likeness (QED) is 0.337. The number of nitrogens with zero attached hydrogens (tertiary/aromatic N) is 1. The van der Waals surface area contributed by atoms with E-state index in [1.54, 1.807) is 0 Å². The summed E-state index contributed by atoms with van der Waals surface area (Å²) >= 11 is 0. The number of halogens is 1. The van der Waals surface area contributed by atoms with Gasteiger partial charge in [-0.15, -0.1) is 12.4 Å².